The van der Waals surface area contributed by atoms with Gasteiger partial charge in [-0.05, 0) is 43.9 Å². The summed E-state index contributed by atoms with van der Waals surface area (Å²) in [4.78, 5) is 0. The van der Waals surface area contributed by atoms with Gasteiger partial charge in [0.25, 0.3) is 0 Å². The molecule has 0 amide bonds. The van der Waals surface area contributed by atoms with Crippen LogP contribution < -0.4 is 5.32 Å². The van der Waals surface area contributed by atoms with Crippen molar-refractivity contribution in [1.82, 2.24) is 5.32 Å². The van der Waals surface area contributed by atoms with Crippen molar-refractivity contribution in [1.29, 1.82) is 0 Å². The van der Waals surface area contributed by atoms with E-state index in [1.165, 1.54) is 51.4 Å². The fourth-order valence-corrected chi connectivity index (χ4v) is 4.15. The maximum absolute atomic E-state index is 4.06. The van der Waals surface area contributed by atoms with E-state index in [1.54, 1.807) is 0 Å². The number of hydrogen-bond donors (Lipinski definition) is 1. The molecule has 0 aromatic heterocycles. The molecule has 0 aromatic rings. The molecule has 1 nitrogen and oxygen atoms in total. The summed E-state index contributed by atoms with van der Waals surface area (Å²) in [6.07, 6.45) is 10.9. The topological polar surface area (TPSA) is 12.0 Å². The summed E-state index contributed by atoms with van der Waals surface area (Å²) in [5.41, 5.74) is 0.466. The monoisotopic (exact) mass is 253 g/mol. The molecule has 0 spiro atoms. The van der Waals surface area contributed by atoms with Gasteiger partial charge in [0.1, 0.15) is 0 Å². The molecular formula is C17H35N. The second kappa shape index (κ2) is 7.53. The first-order valence-corrected chi connectivity index (χ1v) is 8.35. The molecule has 1 N–H and O–H groups in total. The first kappa shape index (κ1) is 16.0. The molecule has 2 atom stereocenters. The molecule has 1 saturated heterocycles. The smallest absolute Gasteiger partial charge is 0.0212 e. The second-order valence-electron chi connectivity index (χ2n) is 6.85. The molecule has 0 radical (unpaired) electrons. The normalized spacial score (nSPS) is 27.0. The van der Waals surface area contributed by atoms with Crippen LogP contribution in [0.2, 0.25) is 0 Å². The predicted molar refractivity (Wildman–Crippen MR) is 81.9 cm³/mol. The van der Waals surface area contributed by atoms with Crippen LogP contribution in [0, 0.1) is 11.8 Å². The van der Waals surface area contributed by atoms with E-state index in [2.05, 4.69) is 39.9 Å². The molecule has 1 heteroatoms. The lowest BCUT2D eigenvalue weighted by Crippen LogP contribution is -2.47. The summed E-state index contributed by atoms with van der Waals surface area (Å²) in [6, 6.07) is 0.789. The fourth-order valence-electron chi connectivity index (χ4n) is 4.15. The Kier molecular flexibility index (Phi) is 6.70. The van der Waals surface area contributed by atoms with Gasteiger partial charge in [-0.15, -0.1) is 0 Å². The van der Waals surface area contributed by atoms with E-state index in [4.69, 9.17) is 0 Å². The third-order valence-electron chi connectivity index (χ3n) is 4.63. The highest BCUT2D eigenvalue weighted by atomic mass is 15.1. The molecule has 1 heterocycles. The van der Waals surface area contributed by atoms with Crippen molar-refractivity contribution >= 4 is 0 Å². The van der Waals surface area contributed by atoms with E-state index < -0.39 is 0 Å². The van der Waals surface area contributed by atoms with Crippen LogP contribution in [0.15, 0.2) is 0 Å². The Morgan fingerprint density at radius 2 is 1.67 bits per heavy atom. The van der Waals surface area contributed by atoms with Crippen LogP contribution in [0.3, 0.4) is 0 Å². The lowest BCUT2D eigenvalue weighted by atomic mass is 9.74. The van der Waals surface area contributed by atoms with E-state index in [0.717, 1.165) is 17.9 Å². The maximum Gasteiger partial charge on any atom is 0.0212 e. The van der Waals surface area contributed by atoms with Crippen LogP contribution in [0.25, 0.3) is 0 Å². The summed E-state index contributed by atoms with van der Waals surface area (Å²) < 4.78 is 0. The Morgan fingerprint density at radius 3 is 2.11 bits per heavy atom. The zero-order valence-electron chi connectivity index (χ0n) is 13.4. The highest BCUT2D eigenvalue weighted by Crippen LogP contribution is 2.42. The first-order valence-electron chi connectivity index (χ1n) is 8.35. The number of hydrogen-bond acceptors (Lipinski definition) is 1. The Morgan fingerprint density at radius 1 is 1.06 bits per heavy atom. The minimum absolute atomic E-state index is 0.466. The quantitative estimate of drug-likeness (QED) is 0.631. The summed E-state index contributed by atoms with van der Waals surface area (Å²) in [7, 11) is 0. The molecule has 0 aromatic carbocycles. The molecule has 108 valence electrons. The van der Waals surface area contributed by atoms with Crippen molar-refractivity contribution in [3.8, 4) is 0 Å². The van der Waals surface area contributed by atoms with Gasteiger partial charge in [0, 0.05) is 11.6 Å². The molecule has 0 aliphatic carbocycles. The summed E-state index contributed by atoms with van der Waals surface area (Å²) >= 11 is 0. The number of rotatable bonds is 8. The Bertz CT molecular complexity index is 216. The Balaban J connectivity index is 2.78. The average Bonchev–Trinajstić information content (AvgIpc) is 2.57. The third-order valence-corrected chi connectivity index (χ3v) is 4.63. The third kappa shape index (κ3) is 3.98. The van der Waals surface area contributed by atoms with Crippen molar-refractivity contribution in [3.05, 3.63) is 0 Å². The highest BCUT2D eigenvalue weighted by molar-refractivity contribution is 5.03. The van der Waals surface area contributed by atoms with Gasteiger partial charge in [-0.3, -0.25) is 0 Å². The lowest BCUT2D eigenvalue weighted by molar-refractivity contribution is 0.205. The second-order valence-corrected chi connectivity index (χ2v) is 6.85. The number of nitrogens with one attached hydrogen (secondary N) is 1. The Labute approximate surface area is 115 Å². The van der Waals surface area contributed by atoms with Crippen LogP contribution >= 0.6 is 0 Å². The summed E-state index contributed by atoms with van der Waals surface area (Å²) in [5, 5.41) is 4.06. The minimum atomic E-state index is 0.466. The van der Waals surface area contributed by atoms with E-state index in [-0.39, 0.29) is 0 Å². The van der Waals surface area contributed by atoms with Crippen molar-refractivity contribution in [2.45, 2.75) is 97.6 Å². The van der Waals surface area contributed by atoms with Gasteiger partial charge in [0.05, 0.1) is 0 Å². The summed E-state index contributed by atoms with van der Waals surface area (Å²) in [5.74, 6) is 1.75. The summed E-state index contributed by atoms with van der Waals surface area (Å²) in [6.45, 7) is 11.8. The molecule has 0 saturated carbocycles. The highest BCUT2D eigenvalue weighted by Gasteiger charge is 2.44. The van der Waals surface area contributed by atoms with E-state index in [9.17, 15) is 0 Å². The van der Waals surface area contributed by atoms with Gasteiger partial charge in [0.2, 0.25) is 0 Å². The van der Waals surface area contributed by atoms with Gasteiger partial charge >= 0.3 is 0 Å². The van der Waals surface area contributed by atoms with Crippen molar-refractivity contribution < 1.29 is 0 Å². The molecule has 0 unspecified atom stereocenters. The fraction of sp³-hybridized carbons (Fsp3) is 1.00. The van der Waals surface area contributed by atoms with E-state index in [0.29, 0.717) is 5.54 Å². The Hall–Kier alpha value is -0.0400. The molecule has 18 heavy (non-hydrogen) atoms. The molecule has 0 bridgehead atoms. The van der Waals surface area contributed by atoms with Crippen LogP contribution in [-0.4, -0.2) is 11.6 Å². The van der Waals surface area contributed by atoms with Gasteiger partial charge in [-0.2, -0.15) is 0 Å². The maximum atomic E-state index is 4.06. The van der Waals surface area contributed by atoms with Crippen molar-refractivity contribution in [3.63, 3.8) is 0 Å². The van der Waals surface area contributed by atoms with E-state index >= 15 is 0 Å². The van der Waals surface area contributed by atoms with Gasteiger partial charge in [-0.1, -0.05) is 53.9 Å². The predicted octanol–water partition coefficient (Wildman–Crippen LogP) is 5.15. The SMILES string of the molecule is CCC[C@H]1C[C@H](CC(C)C)C(CCC)(CCC)N1. The molecule has 1 fully saturated rings. The van der Waals surface area contributed by atoms with Gasteiger partial charge < -0.3 is 5.32 Å². The van der Waals surface area contributed by atoms with Gasteiger partial charge in [-0.25, -0.2) is 0 Å². The lowest BCUT2D eigenvalue weighted by Gasteiger charge is -2.37. The van der Waals surface area contributed by atoms with Crippen LogP contribution in [0.1, 0.15) is 86.0 Å². The molecule has 1 aliphatic heterocycles. The van der Waals surface area contributed by atoms with Crippen molar-refractivity contribution in [2.24, 2.45) is 11.8 Å². The average molecular weight is 253 g/mol. The molecular weight excluding hydrogens is 218 g/mol. The largest absolute Gasteiger partial charge is 0.308 e. The molecule has 1 rings (SSSR count). The zero-order chi connectivity index (χ0) is 13.6. The van der Waals surface area contributed by atoms with E-state index in [1.807, 2.05) is 0 Å². The zero-order valence-corrected chi connectivity index (χ0v) is 13.4. The van der Waals surface area contributed by atoms with Crippen LogP contribution in [0.5, 0.6) is 0 Å². The first-order chi connectivity index (χ1) is 8.57. The van der Waals surface area contributed by atoms with Crippen LogP contribution in [-0.2, 0) is 0 Å². The van der Waals surface area contributed by atoms with Crippen LogP contribution in [0.4, 0.5) is 0 Å². The molecule has 1 aliphatic rings. The minimum Gasteiger partial charge on any atom is -0.308 e. The van der Waals surface area contributed by atoms with Gasteiger partial charge in [0.15, 0.2) is 0 Å². The standard InChI is InChI=1S/C17H35N/c1-6-9-16-13-15(12-14(4)5)17(18-16,10-7-2)11-8-3/h14-16,18H,6-13H2,1-5H3/t15-,16-/m0/s1. The van der Waals surface area contributed by atoms with Crippen molar-refractivity contribution in [2.75, 3.05) is 0 Å².